The molecular weight excluding hydrogens is 326 g/mol. The minimum atomic E-state index is -0.462. The lowest BCUT2D eigenvalue weighted by Gasteiger charge is -2.45. The van der Waals surface area contributed by atoms with E-state index in [1.807, 2.05) is 24.3 Å². The molecule has 1 atom stereocenters. The molecule has 1 aliphatic heterocycles. The molecule has 1 N–H and O–H groups in total. The number of halogens is 1. The van der Waals surface area contributed by atoms with E-state index in [1.165, 1.54) is 19.3 Å². The summed E-state index contributed by atoms with van der Waals surface area (Å²) in [6, 6.07) is 7.61. The topological polar surface area (TPSA) is 41.9 Å². The standard InChI is InChI=1S/C19H28ClNO3/c20-17-6-4-16(5-7-17)13-23-14-18(22)12-21-10-11-24-19(15-21)8-2-1-3-9-19/h4-7,18,22H,1-3,8-15H2. The second kappa shape index (κ2) is 8.63. The van der Waals surface area contributed by atoms with Crippen LogP contribution in [0.2, 0.25) is 5.02 Å². The van der Waals surface area contributed by atoms with Gasteiger partial charge in [-0.25, -0.2) is 0 Å². The molecular formula is C19H28ClNO3. The highest BCUT2D eigenvalue weighted by molar-refractivity contribution is 6.30. The second-order valence-corrected chi connectivity index (χ2v) is 7.56. The van der Waals surface area contributed by atoms with Crippen molar-refractivity contribution in [3.8, 4) is 0 Å². The molecule has 134 valence electrons. The Kier molecular flexibility index (Phi) is 6.53. The summed E-state index contributed by atoms with van der Waals surface area (Å²) in [5.74, 6) is 0. The van der Waals surface area contributed by atoms with Crippen LogP contribution in [0, 0.1) is 0 Å². The van der Waals surface area contributed by atoms with E-state index >= 15 is 0 Å². The maximum Gasteiger partial charge on any atom is 0.0900 e. The fourth-order valence-electron chi connectivity index (χ4n) is 3.82. The lowest BCUT2D eigenvalue weighted by atomic mass is 9.83. The fourth-order valence-corrected chi connectivity index (χ4v) is 3.95. The molecule has 1 heterocycles. The van der Waals surface area contributed by atoms with Crippen molar-refractivity contribution in [1.29, 1.82) is 0 Å². The van der Waals surface area contributed by atoms with Crippen molar-refractivity contribution >= 4 is 11.6 Å². The van der Waals surface area contributed by atoms with Crippen LogP contribution in [-0.2, 0) is 16.1 Å². The van der Waals surface area contributed by atoms with Gasteiger partial charge in [-0.3, -0.25) is 4.90 Å². The summed E-state index contributed by atoms with van der Waals surface area (Å²) in [5, 5.41) is 11.0. The molecule has 0 aromatic heterocycles. The van der Waals surface area contributed by atoms with E-state index < -0.39 is 6.10 Å². The zero-order valence-corrected chi connectivity index (χ0v) is 15.0. The van der Waals surface area contributed by atoms with Crippen molar-refractivity contribution in [1.82, 2.24) is 4.90 Å². The molecule has 1 saturated carbocycles. The Morgan fingerprint density at radius 3 is 2.71 bits per heavy atom. The van der Waals surface area contributed by atoms with Gasteiger partial charge in [0.05, 0.1) is 31.5 Å². The number of hydrogen-bond acceptors (Lipinski definition) is 4. The van der Waals surface area contributed by atoms with Gasteiger partial charge in [-0.15, -0.1) is 0 Å². The molecule has 3 rings (SSSR count). The van der Waals surface area contributed by atoms with E-state index in [0.717, 1.165) is 43.1 Å². The van der Waals surface area contributed by atoms with Gasteiger partial charge in [0.25, 0.3) is 0 Å². The first kappa shape index (κ1) is 18.2. The molecule has 1 saturated heterocycles. The SMILES string of the molecule is OC(COCc1ccc(Cl)cc1)CN1CCOC2(CCCCC2)C1. The molecule has 5 heteroatoms. The zero-order chi connectivity index (χ0) is 16.8. The maximum atomic E-state index is 10.3. The van der Waals surface area contributed by atoms with Gasteiger partial charge in [-0.05, 0) is 30.5 Å². The van der Waals surface area contributed by atoms with Crippen LogP contribution in [0.4, 0.5) is 0 Å². The smallest absolute Gasteiger partial charge is 0.0900 e. The van der Waals surface area contributed by atoms with Crippen LogP contribution in [0.3, 0.4) is 0 Å². The number of β-amino-alcohol motifs (C(OH)–C–C–N with tert-alkyl or cyclic N) is 1. The molecule has 1 aromatic rings. The minimum absolute atomic E-state index is 0.0420. The predicted molar refractivity (Wildman–Crippen MR) is 95.3 cm³/mol. The number of morpholine rings is 1. The van der Waals surface area contributed by atoms with Crippen LogP contribution in [0.15, 0.2) is 24.3 Å². The predicted octanol–water partition coefficient (Wildman–Crippen LogP) is 3.25. The number of ether oxygens (including phenoxy) is 2. The maximum absolute atomic E-state index is 10.3. The van der Waals surface area contributed by atoms with Gasteiger partial charge >= 0.3 is 0 Å². The molecule has 1 aromatic carbocycles. The van der Waals surface area contributed by atoms with Gasteiger partial charge < -0.3 is 14.6 Å². The monoisotopic (exact) mass is 353 g/mol. The number of nitrogens with zero attached hydrogens (tertiary/aromatic N) is 1. The molecule has 0 radical (unpaired) electrons. The number of hydrogen-bond donors (Lipinski definition) is 1. The summed E-state index contributed by atoms with van der Waals surface area (Å²) in [5.41, 5.74) is 1.11. The van der Waals surface area contributed by atoms with E-state index in [1.54, 1.807) is 0 Å². The summed E-state index contributed by atoms with van der Waals surface area (Å²) in [7, 11) is 0. The molecule has 24 heavy (non-hydrogen) atoms. The average Bonchev–Trinajstić information content (AvgIpc) is 2.57. The first-order valence-electron chi connectivity index (χ1n) is 9.02. The summed E-state index contributed by atoms with van der Waals surface area (Å²) < 4.78 is 11.8. The second-order valence-electron chi connectivity index (χ2n) is 7.12. The van der Waals surface area contributed by atoms with Crippen molar-refractivity contribution in [3.05, 3.63) is 34.9 Å². The minimum Gasteiger partial charge on any atom is -0.389 e. The van der Waals surface area contributed by atoms with Gasteiger partial charge in [0, 0.05) is 24.7 Å². The third-order valence-corrected chi connectivity index (χ3v) is 5.31. The quantitative estimate of drug-likeness (QED) is 0.852. The van der Waals surface area contributed by atoms with Crippen LogP contribution in [0.1, 0.15) is 37.7 Å². The summed E-state index contributed by atoms with van der Waals surface area (Å²) >= 11 is 5.87. The number of benzene rings is 1. The molecule has 4 nitrogen and oxygen atoms in total. The third kappa shape index (κ3) is 5.17. The van der Waals surface area contributed by atoms with Crippen molar-refractivity contribution in [2.24, 2.45) is 0 Å². The molecule has 0 amide bonds. The van der Waals surface area contributed by atoms with E-state index in [0.29, 0.717) is 19.8 Å². The first-order chi connectivity index (χ1) is 11.7. The van der Waals surface area contributed by atoms with Crippen LogP contribution in [0.5, 0.6) is 0 Å². The number of rotatable bonds is 6. The van der Waals surface area contributed by atoms with Crippen molar-refractivity contribution in [3.63, 3.8) is 0 Å². The molecule has 1 unspecified atom stereocenters. The third-order valence-electron chi connectivity index (χ3n) is 5.05. The Balaban J connectivity index is 1.39. The number of aliphatic hydroxyl groups excluding tert-OH is 1. The summed E-state index contributed by atoms with van der Waals surface area (Å²) in [4.78, 5) is 2.34. The van der Waals surface area contributed by atoms with Gasteiger partial charge in [-0.1, -0.05) is 43.0 Å². The van der Waals surface area contributed by atoms with Gasteiger partial charge in [0.2, 0.25) is 0 Å². The zero-order valence-electron chi connectivity index (χ0n) is 14.3. The molecule has 1 spiro atoms. The Morgan fingerprint density at radius 2 is 1.96 bits per heavy atom. The van der Waals surface area contributed by atoms with Gasteiger partial charge in [0.1, 0.15) is 0 Å². The van der Waals surface area contributed by atoms with Crippen LogP contribution in [-0.4, -0.2) is 54.6 Å². The summed E-state index contributed by atoms with van der Waals surface area (Å²) in [6.07, 6.45) is 5.71. The molecule has 2 aliphatic rings. The van der Waals surface area contributed by atoms with E-state index in [9.17, 15) is 5.11 Å². The molecule has 2 fully saturated rings. The highest BCUT2D eigenvalue weighted by Crippen LogP contribution is 2.34. The largest absolute Gasteiger partial charge is 0.389 e. The van der Waals surface area contributed by atoms with Crippen molar-refractivity contribution < 1.29 is 14.6 Å². The van der Waals surface area contributed by atoms with E-state index in [4.69, 9.17) is 21.1 Å². The Bertz CT molecular complexity index is 496. The van der Waals surface area contributed by atoms with E-state index in [-0.39, 0.29) is 5.60 Å². The molecule has 0 bridgehead atoms. The first-order valence-corrected chi connectivity index (χ1v) is 9.40. The molecule has 1 aliphatic carbocycles. The normalized spacial score (nSPS) is 22.6. The van der Waals surface area contributed by atoms with Crippen molar-refractivity contribution in [2.75, 3.05) is 32.8 Å². The van der Waals surface area contributed by atoms with Crippen LogP contribution < -0.4 is 0 Å². The lowest BCUT2D eigenvalue weighted by molar-refractivity contribution is -0.134. The van der Waals surface area contributed by atoms with Gasteiger partial charge in [-0.2, -0.15) is 0 Å². The van der Waals surface area contributed by atoms with Gasteiger partial charge in [0.15, 0.2) is 0 Å². The Labute approximate surface area is 149 Å². The summed E-state index contributed by atoms with van der Waals surface area (Å²) in [6.45, 7) is 4.13. The van der Waals surface area contributed by atoms with Crippen molar-refractivity contribution in [2.45, 2.75) is 50.4 Å². The van der Waals surface area contributed by atoms with E-state index in [2.05, 4.69) is 4.90 Å². The highest BCUT2D eigenvalue weighted by Gasteiger charge is 2.37. The Morgan fingerprint density at radius 1 is 1.21 bits per heavy atom. The lowest BCUT2D eigenvalue weighted by Crippen LogP contribution is -2.54. The number of aliphatic hydroxyl groups is 1. The highest BCUT2D eigenvalue weighted by atomic mass is 35.5. The average molecular weight is 354 g/mol. The van der Waals surface area contributed by atoms with Crippen LogP contribution >= 0.6 is 11.6 Å². The Hall–Kier alpha value is -0.650. The fraction of sp³-hybridized carbons (Fsp3) is 0.684. The van der Waals surface area contributed by atoms with Crippen LogP contribution in [0.25, 0.3) is 0 Å².